The van der Waals surface area contributed by atoms with Crippen LogP contribution in [0.25, 0.3) is 6.08 Å². The number of pyridine rings is 1. The Morgan fingerprint density at radius 2 is 2.17 bits per heavy atom. The number of unbranched alkanes of at least 4 members (excludes halogenated alkanes) is 1. The zero-order valence-corrected chi connectivity index (χ0v) is 14.1. The van der Waals surface area contributed by atoms with Crippen LogP contribution >= 0.6 is 0 Å². The molecule has 5 nitrogen and oxygen atoms in total. The van der Waals surface area contributed by atoms with Gasteiger partial charge in [-0.2, -0.15) is 0 Å². The number of nitrogens with zero attached hydrogens (tertiary/aromatic N) is 1. The lowest BCUT2D eigenvalue weighted by molar-refractivity contribution is -0.111. The van der Waals surface area contributed by atoms with Crippen molar-refractivity contribution in [1.29, 1.82) is 0 Å². The quantitative estimate of drug-likeness (QED) is 0.461. The summed E-state index contributed by atoms with van der Waals surface area (Å²) >= 11 is 0. The van der Waals surface area contributed by atoms with Crippen LogP contribution in [0, 0.1) is 6.92 Å². The number of amides is 1. The highest BCUT2D eigenvalue weighted by Gasteiger charge is 2.02. The van der Waals surface area contributed by atoms with Gasteiger partial charge in [0.2, 0.25) is 5.91 Å². The molecule has 0 saturated heterocycles. The number of ether oxygens (including phenoxy) is 1. The van der Waals surface area contributed by atoms with Gasteiger partial charge < -0.3 is 15.8 Å². The molecular formula is C19H23N3O2. The number of hydrogen-bond acceptors (Lipinski definition) is 4. The molecule has 0 aliphatic heterocycles. The van der Waals surface area contributed by atoms with Crippen LogP contribution in [0.15, 0.2) is 42.6 Å². The first-order chi connectivity index (χ1) is 11.6. The molecule has 5 heteroatoms. The summed E-state index contributed by atoms with van der Waals surface area (Å²) in [6.07, 6.45) is 6.89. The molecular weight excluding hydrogens is 302 g/mol. The monoisotopic (exact) mass is 325 g/mol. The standard InChI is InChI=1S/C19H23N3O2/c1-3-4-11-24-17-7-5-15(13-16(17)20)6-8-19(23)22-18-12-14(2)9-10-21-18/h5-10,12-13H,3-4,11,20H2,1-2H3,(H,21,22,23)/b8-6-. The zero-order valence-electron chi connectivity index (χ0n) is 14.1. The minimum Gasteiger partial charge on any atom is -0.491 e. The van der Waals surface area contributed by atoms with E-state index in [0.29, 0.717) is 23.9 Å². The number of anilines is 2. The van der Waals surface area contributed by atoms with Crippen molar-refractivity contribution in [3.05, 3.63) is 53.7 Å². The minimum absolute atomic E-state index is 0.241. The maximum Gasteiger partial charge on any atom is 0.249 e. The SMILES string of the molecule is CCCCOc1ccc(/C=C\C(=O)Nc2cc(C)ccn2)cc1N. The average Bonchev–Trinajstić information content (AvgIpc) is 2.55. The van der Waals surface area contributed by atoms with Gasteiger partial charge in [-0.05, 0) is 54.8 Å². The molecule has 0 aliphatic carbocycles. The van der Waals surface area contributed by atoms with Crippen molar-refractivity contribution in [3.8, 4) is 5.75 Å². The van der Waals surface area contributed by atoms with Gasteiger partial charge in [0.1, 0.15) is 11.6 Å². The van der Waals surface area contributed by atoms with Crippen LogP contribution in [0.3, 0.4) is 0 Å². The summed E-state index contributed by atoms with van der Waals surface area (Å²) in [6, 6.07) is 9.16. The molecule has 0 bridgehead atoms. The topological polar surface area (TPSA) is 77.2 Å². The highest BCUT2D eigenvalue weighted by molar-refractivity contribution is 6.01. The van der Waals surface area contributed by atoms with Gasteiger partial charge in [-0.1, -0.05) is 19.4 Å². The number of aromatic nitrogens is 1. The van der Waals surface area contributed by atoms with Crippen LogP contribution in [0.5, 0.6) is 5.75 Å². The van der Waals surface area contributed by atoms with E-state index in [9.17, 15) is 4.79 Å². The molecule has 0 fully saturated rings. The number of carbonyl (C=O) groups is 1. The van der Waals surface area contributed by atoms with Crippen molar-refractivity contribution in [2.75, 3.05) is 17.7 Å². The molecule has 0 radical (unpaired) electrons. The smallest absolute Gasteiger partial charge is 0.249 e. The van der Waals surface area contributed by atoms with Crippen molar-refractivity contribution in [2.45, 2.75) is 26.7 Å². The van der Waals surface area contributed by atoms with Crippen molar-refractivity contribution in [3.63, 3.8) is 0 Å². The van der Waals surface area contributed by atoms with E-state index in [0.717, 1.165) is 24.0 Å². The molecule has 3 N–H and O–H groups in total. The van der Waals surface area contributed by atoms with Crippen LogP contribution in [-0.4, -0.2) is 17.5 Å². The van der Waals surface area contributed by atoms with E-state index in [1.54, 1.807) is 18.3 Å². The lowest BCUT2D eigenvalue weighted by Gasteiger charge is -2.08. The number of carbonyl (C=O) groups excluding carboxylic acids is 1. The molecule has 0 saturated carbocycles. The van der Waals surface area contributed by atoms with Gasteiger partial charge in [0.05, 0.1) is 12.3 Å². The second kappa shape index (κ2) is 8.72. The molecule has 0 unspecified atom stereocenters. The Labute approximate surface area is 142 Å². The molecule has 24 heavy (non-hydrogen) atoms. The predicted octanol–water partition coefficient (Wildman–Crippen LogP) is 3.80. The first-order valence-corrected chi connectivity index (χ1v) is 8.02. The third-order valence-corrected chi connectivity index (χ3v) is 3.38. The molecule has 1 heterocycles. The molecule has 1 aromatic carbocycles. The highest BCUT2D eigenvalue weighted by Crippen LogP contribution is 2.23. The summed E-state index contributed by atoms with van der Waals surface area (Å²) in [5, 5.41) is 2.72. The van der Waals surface area contributed by atoms with Gasteiger partial charge in [-0.3, -0.25) is 4.79 Å². The van der Waals surface area contributed by atoms with Gasteiger partial charge in [0.25, 0.3) is 0 Å². The van der Waals surface area contributed by atoms with E-state index >= 15 is 0 Å². The summed E-state index contributed by atoms with van der Waals surface area (Å²) in [4.78, 5) is 16.0. The first kappa shape index (κ1) is 17.5. The molecule has 0 atom stereocenters. The van der Waals surface area contributed by atoms with E-state index in [4.69, 9.17) is 10.5 Å². The van der Waals surface area contributed by atoms with Crippen LogP contribution < -0.4 is 15.8 Å². The number of nitrogens with two attached hydrogens (primary N) is 1. The third kappa shape index (κ3) is 5.43. The second-order valence-electron chi connectivity index (χ2n) is 5.54. The number of aryl methyl sites for hydroxylation is 1. The molecule has 1 amide bonds. The fourth-order valence-corrected chi connectivity index (χ4v) is 2.07. The molecule has 0 spiro atoms. The number of benzene rings is 1. The maximum atomic E-state index is 11.9. The van der Waals surface area contributed by atoms with E-state index in [1.165, 1.54) is 6.08 Å². The van der Waals surface area contributed by atoms with Crippen molar-refractivity contribution in [2.24, 2.45) is 0 Å². The van der Waals surface area contributed by atoms with Gasteiger partial charge in [0.15, 0.2) is 0 Å². The molecule has 2 rings (SSSR count). The Morgan fingerprint density at radius 3 is 2.88 bits per heavy atom. The van der Waals surface area contributed by atoms with E-state index < -0.39 is 0 Å². The van der Waals surface area contributed by atoms with Gasteiger partial charge in [-0.15, -0.1) is 0 Å². The summed E-state index contributed by atoms with van der Waals surface area (Å²) in [5.41, 5.74) is 8.42. The average molecular weight is 325 g/mol. The Morgan fingerprint density at radius 1 is 1.33 bits per heavy atom. The molecule has 0 aliphatic rings. The van der Waals surface area contributed by atoms with Crippen LogP contribution in [0.4, 0.5) is 11.5 Å². The number of hydrogen-bond donors (Lipinski definition) is 2. The fourth-order valence-electron chi connectivity index (χ4n) is 2.07. The van der Waals surface area contributed by atoms with E-state index in [-0.39, 0.29) is 5.91 Å². The fraction of sp³-hybridized carbons (Fsp3) is 0.263. The summed E-state index contributed by atoms with van der Waals surface area (Å²) in [6.45, 7) is 4.71. The van der Waals surface area contributed by atoms with Crippen molar-refractivity contribution < 1.29 is 9.53 Å². The Kier molecular flexibility index (Phi) is 6.37. The Bertz CT molecular complexity index is 726. The predicted molar refractivity (Wildman–Crippen MR) is 97.9 cm³/mol. The summed E-state index contributed by atoms with van der Waals surface area (Å²) < 4.78 is 5.61. The van der Waals surface area contributed by atoms with Crippen molar-refractivity contribution in [1.82, 2.24) is 4.98 Å². The summed E-state index contributed by atoms with van der Waals surface area (Å²) in [5.74, 6) is 0.966. The maximum absolute atomic E-state index is 11.9. The van der Waals surface area contributed by atoms with Crippen LogP contribution in [-0.2, 0) is 4.79 Å². The lowest BCUT2D eigenvalue weighted by atomic mass is 10.1. The molecule has 2 aromatic rings. The van der Waals surface area contributed by atoms with Crippen molar-refractivity contribution >= 4 is 23.5 Å². The zero-order chi connectivity index (χ0) is 17.4. The number of rotatable bonds is 7. The third-order valence-electron chi connectivity index (χ3n) is 3.38. The lowest BCUT2D eigenvalue weighted by Crippen LogP contribution is -2.09. The first-order valence-electron chi connectivity index (χ1n) is 8.02. The van der Waals surface area contributed by atoms with Gasteiger partial charge in [0, 0.05) is 12.3 Å². The molecule has 126 valence electrons. The number of nitrogens with one attached hydrogen (secondary N) is 1. The normalized spacial score (nSPS) is 10.8. The Hall–Kier alpha value is -2.82. The van der Waals surface area contributed by atoms with Crippen LogP contribution in [0.1, 0.15) is 30.9 Å². The second-order valence-corrected chi connectivity index (χ2v) is 5.54. The van der Waals surface area contributed by atoms with E-state index in [2.05, 4.69) is 17.2 Å². The van der Waals surface area contributed by atoms with Crippen LogP contribution in [0.2, 0.25) is 0 Å². The highest BCUT2D eigenvalue weighted by atomic mass is 16.5. The minimum atomic E-state index is -0.241. The van der Waals surface area contributed by atoms with Gasteiger partial charge in [-0.25, -0.2) is 4.98 Å². The largest absolute Gasteiger partial charge is 0.491 e. The van der Waals surface area contributed by atoms with E-state index in [1.807, 2.05) is 31.2 Å². The molecule has 1 aromatic heterocycles. The summed E-state index contributed by atoms with van der Waals surface area (Å²) in [7, 11) is 0. The van der Waals surface area contributed by atoms with Gasteiger partial charge >= 0.3 is 0 Å². The number of nitrogen functional groups attached to an aromatic ring is 1. The Balaban J connectivity index is 1.95.